The summed E-state index contributed by atoms with van der Waals surface area (Å²) in [4.78, 5) is 12.8. The molecule has 0 aromatic rings. The Hall–Kier alpha value is -0.770. The van der Waals surface area contributed by atoms with Crippen LogP contribution in [0.25, 0.3) is 0 Å². The van der Waals surface area contributed by atoms with Gasteiger partial charge in [-0.3, -0.25) is 4.90 Å². The van der Waals surface area contributed by atoms with Crippen molar-refractivity contribution >= 4 is 6.09 Å². The number of nitrogens with zero attached hydrogens (tertiary/aromatic N) is 1. The lowest BCUT2D eigenvalue weighted by molar-refractivity contribution is 0.109. The predicted octanol–water partition coefficient (Wildman–Crippen LogP) is 0.600. The maximum Gasteiger partial charge on any atom is 0.410 e. The number of hydrogen-bond donors (Lipinski definition) is 1. The van der Waals surface area contributed by atoms with Crippen molar-refractivity contribution in [1.82, 2.24) is 4.90 Å². The molecule has 0 bridgehead atoms. The molecule has 0 unspecified atom stereocenters. The standard InChI is InChI=1S/C8H15NO3/c1-8(2,3-5-10)9-4-6-12-7(9)11/h10H,3-6H2,1-2H3. The molecule has 0 aromatic heterocycles. The monoisotopic (exact) mass is 173 g/mol. The second kappa shape index (κ2) is 3.31. The molecule has 1 saturated heterocycles. The van der Waals surface area contributed by atoms with E-state index in [-0.39, 0.29) is 18.2 Å². The molecular formula is C8H15NO3. The van der Waals surface area contributed by atoms with Crippen molar-refractivity contribution in [3.8, 4) is 0 Å². The molecule has 1 rings (SSSR count). The van der Waals surface area contributed by atoms with Crippen LogP contribution in [-0.2, 0) is 4.74 Å². The molecule has 1 fully saturated rings. The smallest absolute Gasteiger partial charge is 0.410 e. The zero-order valence-electron chi connectivity index (χ0n) is 7.54. The van der Waals surface area contributed by atoms with Crippen LogP contribution in [0.4, 0.5) is 4.79 Å². The van der Waals surface area contributed by atoms with Gasteiger partial charge in [-0.15, -0.1) is 0 Å². The van der Waals surface area contributed by atoms with Crippen molar-refractivity contribution in [3.63, 3.8) is 0 Å². The third-order valence-electron chi connectivity index (χ3n) is 2.22. The van der Waals surface area contributed by atoms with Gasteiger partial charge in [-0.1, -0.05) is 0 Å². The Kier molecular flexibility index (Phi) is 2.57. The lowest BCUT2D eigenvalue weighted by Crippen LogP contribution is -2.45. The van der Waals surface area contributed by atoms with Crippen LogP contribution in [0.3, 0.4) is 0 Å². The summed E-state index contributed by atoms with van der Waals surface area (Å²) in [6.07, 6.45) is 0.315. The fourth-order valence-corrected chi connectivity index (χ4v) is 1.35. The van der Waals surface area contributed by atoms with Crippen LogP contribution in [-0.4, -0.2) is 41.4 Å². The summed E-state index contributed by atoms with van der Waals surface area (Å²) in [6.45, 7) is 5.04. The zero-order valence-corrected chi connectivity index (χ0v) is 7.54. The molecule has 0 radical (unpaired) electrons. The highest BCUT2D eigenvalue weighted by atomic mass is 16.6. The molecule has 0 atom stereocenters. The Balaban J connectivity index is 2.60. The van der Waals surface area contributed by atoms with E-state index in [2.05, 4.69) is 0 Å². The molecular weight excluding hydrogens is 158 g/mol. The van der Waals surface area contributed by atoms with Crippen LogP contribution in [0, 0.1) is 0 Å². The molecule has 4 heteroatoms. The molecule has 4 nitrogen and oxygen atoms in total. The SMILES string of the molecule is CC(C)(CCO)N1CCOC1=O. The number of aliphatic hydroxyl groups excluding tert-OH is 1. The number of ether oxygens (including phenoxy) is 1. The van der Waals surface area contributed by atoms with Gasteiger partial charge in [-0.05, 0) is 20.3 Å². The summed E-state index contributed by atoms with van der Waals surface area (Å²) >= 11 is 0. The van der Waals surface area contributed by atoms with Crippen molar-refractivity contribution in [2.75, 3.05) is 19.8 Å². The molecule has 12 heavy (non-hydrogen) atoms. The van der Waals surface area contributed by atoms with E-state index in [1.807, 2.05) is 13.8 Å². The van der Waals surface area contributed by atoms with Crippen LogP contribution < -0.4 is 0 Å². The van der Waals surface area contributed by atoms with Gasteiger partial charge in [0.1, 0.15) is 6.61 Å². The number of carbonyl (C=O) groups excluding carboxylic acids is 1. The molecule has 1 aliphatic rings. The first-order valence-electron chi connectivity index (χ1n) is 4.13. The topological polar surface area (TPSA) is 49.8 Å². The fraction of sp³-hybridized carbons (Fsp3) is 0.875. The first-order valence-corrected chi connectivity index (χ1v) is 4.13. The minimum Gasteiger partial charge on any atom is -0.448 e. The molecule has 0 aromatic carbocycles. The van der Waals surface area contributed by atoms with E-state index in [1.54, 1.807) is 4.90 Å². The van der Waals surface area contributed by atoms with Crippen LogP contribution in [0.5, 0.6) is 0 Å². The van der Waals surface area contributed by atoms with Gasteiger partial charge in [0.2, 0.25) is 0 Å². The summed E-state index contributed by atoms with van der Waals surface area (Å²) in [5.74, 6) is 0. The summed E-state index contributed by atoms with van der Waals surface area (Å²) in [5, 5.41) is 8.77. The number of aliphatic hydroxyl groups is 1. The van der Waals surface area contributed by atoms with E-state index in [0.29, 0.717) is 19.6 Å². The minimum atomic E-state index is -0.289. The maximum atomic E-state index is 11.1. The van der Waals surface area contributed by atoms with E-state index < -0.39 is 0 Å². The van der Waals surface area contributed by atoms with E-state index in [9.17, 15) is 4.79 Å². The van der Waals surface area contributed by atoms with Crippen molar-refractivity contribution in [3.05, 3.63) is 0 Å². The van der Waals surface area contributed by atoms with Gasteiger partial charge in [-0.2, -0.15) is 0 Å². The molecule has 1 heterocycles. The third-order valence-corrected chi connectivity index (χ3v) is 2.22. The highest BCUT2D eigenvalue weighted by molar-refractivity contribution is 5.70. The Labute approximate surface area is 72.1 Å². The van der Waals surface area contributed by atoms with Crippen LogP contribution >= 0.6 is 0 Å². The van der Waals surface area contributed by atoms with Gasteiger partial charge in [0, 0.05) is 12.1 Å². The van der Waals surface area contributed by atoms with Gasteiger partial charge in [0.05, 0.1) is 6.54 Å². The van der Waals surface area contributed by atoms with Gasteiger partial charge >= 0.3 is 6.09 Å². The number of hydrogen-bond acceptors (Lipinski definition) is 3. The highest BCUT2D eigenvalue weighted by Gasteiger charge is 2.34. The lowest BCUT2D eigenvalue weighted by Gasteiger charge is -2.32. The quantitative estimate of drug-likeness (QED) is 0.680. The molecule has 70 valence electrons. The van der Waals surface area contributed by atoms with Crippen LogP contribution in [0.15, 0.2) is 0 Å². The molecule has 0 saturated carbocycles. The lowest BCUT2D eigenvalue weighted by atomic mass is 9.99. The second-order valence-electron chi connectivity index (χ2n) is 3.55. The number of cyclic esters (lactones) is 1. The molecule has 0 spiro atoms. The first kappa shape index (κ1) is 9.32. The largest absolute Gasteiger partial charge is 0.448 e. The van der Waals surface area contributed by atoms with Gasteiger partial charge < -0.3 is 9.84 Å². The fourth-order valence-electron chi connectivity index (χ4n) is 1.35. The van der Waals surface area contributed by atoms with Crippen LogP contribution in [0.1, 0.15) is 20.3 Å². The summed E-state index contributed by atoms with van der Waals surface area (Å²) in [6, 6.07) is 0. The minimum absolute atomic E-state index is 0.0940. The van der Waals surface area contributed by atoms with Gasteiger partial charge in [0.15, 0.2) is 0 Å². The van der Waals surface area contributed by atoms with Gasteiger partial charge in [0.25, 0.3) is 0 Å². The molecule has 0 aliphatic carbocycles. The summed E-state index contributed by atoms with van der Waals surface area (Å²) in [7, 11) is 0. The number of amides is 1. The van der Waals surface area contributed by atoms with E-state index in [4.69, 9.17) is 9.84 Å². The van der Waals surface area contributed by atoms with Crippen molar-refractivity contribution in [2.45, 2.75) is 25.8 Å². The Morgan fingerprint density at radius 1 is 1.67 bits per heavy atom. The normalized spacial score (nSPS) is 18.2. The average Bonchev–Trinajstić information content (AvgIpc) is 2.35. The van der Waals surface area contributed by atoms with Crippen molar-refractivity contribution in [2.24, 2.45) is 0 Å². The Bertz CT molecular complexity index is 179. The summed E-state index contributed by atoms with van der Waals surface area (Å²) in [5.41, 5.74) is -0.289. The first-order chi connectivity index (χ1) is 5.58. The Morgan fingerprint density at radius 3 is 2.75 bits per heavy atom. The predicted molar refractivity (Wildman–Crippen MR) is 43.8 cm³/mol. The van der Waals surface area contributed by atoms with E-state index in [1.165, 1.54) is 0 Å². The molecule has 1 aliphatic heterocycles. The second-order valence-corrected chi connectivity index (χ2v) is 3.55. The maximum absolute atomic E-state index is 11.1. The van der Waals surface area contributed by atoms with Gasteiger partial charge in [-0.25, -0.2) is 4.79 Å². The summed E-state index contributed by atoms with van der Waals surface area (Å²) < 4.78 is 4.80. The highest BCUT2D eigenvalue weighted by Crippen LogP contribution is 2.22. The van der Waals surface area contributed by atoms with Crippen molar-refractivity contribution in [1.29, 1.82) is 0 Å². The zero-order chi connectivity index (χ0) is 9.19. The number of rotatable bonds is 3. The Morgan fingerprint density at radius 2 is 2.33 bits per heavy atom. The molecule has 1 N–H and O–H groups in total. The van der Waals surface area contributed by atoms with E-state index >= 15 is 0 Å². The van der Waals surface area contributed by atoms with Crippen molar-refractivity contribution < 1.29 is 14.6 Å². The number of carbonyl (C=O) groups is 1. The molecule has 1 amide bonds. The van der Waals surface area contributed by atoms with E-state index in [0.717, 1.165) is 0 Å². The van der Waals surface area contributed by atoms with Crippen LogP contribution in [0.2, 0.25) is 0 Å². The third kappa shape index (κ3) is 1.69. The average molecular weight is 173 g/mol.